The van der Waals surface area contributed by atoms with Crippen molar-refractivity contribution in [3.8, 4) is 11.5 Å². The molecule has 0 aliphatic heterocycles. The zero-order valence-corrected chi connectivity index (χ0v) is 11.5. The van der Waals surface area contributed by atoms with E-state index in [-0.39, 0.29) is 0 Å². The molecule has 4 nitrogen and oxygen atoms in total. The minimum absolute atomic E-state index is 0.684. The van der Waals surface area contributed by atoms with Crippen LogP contribution in [0.5, 0.6) is 11.5 Å². The first-order valence-electron chi connectivity index (χ1n) is 5.66. The average Bonchev–Trinajstić information content (AvgIpc) is 2.42. The lowest BCUT2D eigenvalue weighted by atomic mass is 10.2. The van der Waals surface area contributed by atoms with E-state index in [2.05, 4.69) is 25.9 Å². The maximum absolute atomic E-state index is 5.80. The summed E-state index contributed by atoms with van der Waals surface area (Å²) in [5, 5.41) is 0. The number of fused-ring (bicyclic) bond motifs is 1. The molecule has 0 radical (unpaired) electrons. The summed E-state index contributed by atoms with van der Waals surface area (Å²) in [5.74, 6) is 1.41. The second-order valence-electron chi connectivity index (χ2n) is 4.00. The number of anilines is 1. The topological polar surface area (TPSA) is 61.0 Å². The number of halogens is 1. The van der Waals surface area contributed by atoms with Gasteiger partial charge in [-0.05, 0) is 46.3 Å². The van der Waals surface area contributed by atoms with E-state index in [1.165, 1.54) is 0 Å². The number of hydrogen-bond donors (Lipinski definition) is 1. The third-order valence-corrected chi connectivity index (χ3v) is 3.24. The van der Waals surface area contributed by atoms with Crippen LogP contribution in [0.4, 0.5) is 5.69 Å². The van der Waals surface area contributed by atoms with Crippen molar-refractivity contribution >= 4 is 32.7 Å². The molecule has 1 heterocycles. The quantitative estimate of drug-likeness (QED) is 0.731. The molecule has 94 valence electrons. The van der Waals surface area contributed by atoms with Gasteiger partial charge in [-0.2, -0.15) is 0 Å². The maximum Gasteiger partial charge on any atom is 0.141 e. The Kier molecular flexibility index (Phi) is 3.05. The largest absolute Gasteiger partial charge is 0.456 e. The molecule has 2 N–H and O–H groups in total. The molecule has 0 unspecified atom stereocenters. The fraction of sp³-hybridized carbons (Fsp3) is 0. The molecule has 0 amide bonds. The first kappa shape index (κ1) is 11.9. The molecule has 0 saturated heterocycles. The number of nitrogens with two attached hydrogens (primary N) is 1. The SMILES string of the molecule is Nc1ccc(Oc2ccc3nccnc3c2)c(Br)c1. The van der Waals surface area contributed by atoms with E-state index in [0.29, 0.717) is 17.2 Å². The zero-order chi connectivity index (χ0) is 13.2. The van der Waals surface area contributed by atoms with Crippen LogP contribution in [0.2, 0.25) is 0 Å². The molecule has 1 aromatic heterocycles. The predicted molar refractivity (Wildman–Crippen MR) is 78.2 cm³/mol. The molecule has 0 bridgehead atoms. The molecular weight excluding hydrogens is 306 g/mol. The van der Waals surface area contributed by atoms with Gasteiger partial charge in [0.2, 0.25) is 0 Å². The van der Waals surface area contributed by atoms with Crippen molar-refractivity contribution in [2.75, 3.05) is 5.73 Å². The Morgan fingerprint density at radius 3 is 2.53 bits per heavy atom. The Bertz CT molecular complexity index is 746. The Labute approximate surface area is 118 Å². The van der Waals surface area contributed by atoms with Crippen molar-refractivity contribution in [3.05, 3.63) is 53.3 Å². The number of aromatic nitrogens is 2. The molecular formula is C14H10BrN3O. The van der Waals surface area contributed by atoms with Gasteiger partial charge < -0.3 is 10.5 Å². The highest BCUT2D eigenvalue weighted by Gasteiger charge is 2.04. The van der Waals surface area contributed by atoms with Gasteiger partial charge in [0.1, 0.15) is 11.5 Å². The van der Waals surface area contributed by atoms with E-state index in [0.717, 1.165) is 15.5 Å². The molecule has 0 atom stereocenters. The summed E-state index contributed by atoms with van der Waals surface area (Å²) in [6, 6.07) is 11.0. The Morgan fingerprint density at radius 1 is 0.947 bits per heavy atom. The summed E-state index contributed by atoms with van der Waals surface area (Å²) in [5.41, 5.74) is 8.01. The molecule has 19 heavy (non-hydrogen) atoms. The lowest BCUT2D eigenvalue weighted by Gasteiger charge is -2.08. The summed E-state index contributed by atoms with van der Waals surface area (Å²) in [6.45, 7) is 0. The monoisotopic (exact) mass is 315 g/mol. The van der Waals surface area contributed by atoms with E-state index >= 15 is 0 Å². The van der Waals surface area contributed by atoms with E-state index in [1.807, 2.05) is 24.3 Å². The molecule has 0 aliphatic rings. The normalized spacial score (nSPS) is 10.6. The van der Waals surface area contributed by atoms with E-state index < -0.39 is 0 Å². The second kappa shape index (κ2) is 4.85. The van der Waals surface area contributed by atoms with Gasteiger partial charge in [-0.15, -0.1) is 0 Å². The van der Waals surface area contributed by atoms with Gasteiger partial charge in [0.15, 0.2) is 0 Å². The standard InChI is InChI=1S/C14H10BrN3O/c15-11-7-9(16)1-4-14(11)19-10-2-3-12-13(8-10)18-6-5-17-12/h1-8H,16H2. The number of hydrogen-bond acceptors (Lipinski definition) is 4. The third kappa shape index (κ3) is 2.51. The summed E-state index contributed by atoms with van der Waals surface area (Å²) in [6.07, 6.45) is 3.32. The maximum atomic E-state index is 5.80. The highest BCUT2D eigenvalue weighted by Crippen LogP contribution is 2.31. The number of benzene rings is 2. The van der Waals surface area contributed by atoms with Crippen LogP contribution in [0.25, 0.3) is 11.0 Å². The van der Waals surface area contributed by atoms with Crippen LogP contribution in [-0.4, -0.2) is 9.97 Å². The van der Waals surface area contributed by atoms with Crippen molar-refractivity contribution in [1.29, 1.82) is 0 Å². The van der Waals surface area contributed by atoms with Crippen LogP contribution in [0.15, 0.2) is 53.3 Å². The van der Waals surface area contributed by atoms with Gasteiger partial charge in [-0.3, -0.25) is 9.97 Å². The molecule has 0 aliphatic carbocycles. The summed E-state index contributed by atoms with van der Waals surface area (Å²) in [7, 11) is 0. The lowest BCUT2D eigenvalue weighted by molar-refractivity contribution is 0.480. The molecule has 0 fully saturated rings. The predicted octanol–water partition coefficient (Wildman–Crippen LogP) is 3.77. The van der Waals surface area contributed by atoms with Gasteiger partial charge in [-0.1, -0.05) is 0 Å². The van der Waals surface area contributed by atoms with E-state index in [9.17, 15) is 0 Å². The van der Waals surface area contributed by atoms with Crippen molar-refractivity contribution in [1.82, 2.24) is 9.97 Å². The molecule has 0 spiro atoms. The zero-order valence-electron chi connectivity index (χ0n) is 9.88. The third-order valence-electron chi connectivity index (χ3n) is 2.62. The van der Waals surface area contributed by atoms with Gasteiger partial charge >= 0.3 is 0 Å². The Hall–Kier alpha value is -2.14. The van der Waals surface area contributed by atoms with Crippen molar-refractivity contribution < 1.29 is 4.74 Å². The van der Waals surface area contributed by atoms with Gasteiger partial charge in [0.25, 0.3) is 0 Å². The van der Waals surface area contributed by atoms with Crippen molar-refractivity contribution in [3.63, 3.8) is 0 Å². The summed E-state index contributed by atoms with van der Waals surface area (Å²) in [4.78, 5) is 8.46. The van der Waals surface area contributed by atoms with E-state index in [1.54, 1.807) is 24.5 Å². The van der Waals surface area contributed by atoms with Crippen molar-refractivity contribution in [2.45, 2.75) is 0 Å². The Balaban J connectivity index is 1.96. The van der Waals surface area contributed by atoms with Gasteiger partial charge in [0.05, 0.1) is 15.5 Å². The van der Waals surface area contributed by atoms with E-state index in [4.69, 9.17) is 10.5 Å². The fourth-order valence-electron chi connectivity index (χ4n) is 1.73. The highest BCUT2D eigenvalue weighted by molar-refractivity contribution is 9.10. The average molecular weight is 316 g/mol. The Morgan fingerprint density at radius 2 is 1.74 bits per heavy atom. The van der Waals surface area contributed by atoms with Crippen LogP contribution < -0.4 is 10.5 Å². The van der Waals surface area contributed by atoms with Gasteiger partial charge in [-0.25, -0.2) is 0 Å². The van der Waals surface area contributed by atoms with Crippen LogP contribution in [0, 0.1) is 0 Å². The van der Waals surface area contributed by atoms with Crippen molar-refractivity contribution in [2.24, 2.45) is 0 Å². The number of rotatable bonds is 2. The van der Waals surface area contributed by atoms with Crippen LogP contribution in [-0.2, 0) is 0 Å². The molecule has 3 rings (SSSR count). The number of nitrogens with zero attached hydrogens (tertiary/aromatic N) is 2. The van der Waals surface area contributed by atoms with Gasteiger partial charge in [0, 0.05) is 24.1 Å². The highest BCUT2D eigenvalue weighted by atomic mass is 79.9. The molecule has 0 saturated carbocycles. The first-order valence-corrected chi connectivity index (χ1v) is 6.45. The summed E-state index contributed by atoms with van der Waals surface area (Å²) >= 11 is 3.42. The van der Waals surface area contributed by atoms with Crippen LogP contribution in [0.3, 0.4) is 0 Å². The lowest BCUT2D eigenvalue weighted by Crippen LogP contribution is -1.89. The summed E-state index contributed by atoms with van der Waals surface area (Å²) < 4.78 is 6.61. The molecule has 3 aromatic rings. The molecule has 5 heteroatoms. The second-order valence-corrected chi connectivity index (χ2v) is 4.85. The fourth-order valence-corrected chi connectivity index (χ4v) is 2.21. The minimum Gasteiger partial charge on any atom is -0.456 e. The number of ether oxygens (including phenoxy) is 1. The minimum atomic E-state index is 0.684. The number of nitrogen functional groups attached to an aromatic ring is 1. The molecule has 2 aromatic carbocycles. The smallest absolute Gasteiger partial charge is 0.141 e. The first-order chi connectivity index (χ1) is 9.22. The van der Waals surface area contributed by atoms with Crippen LogP contribution in [0.1, 0.15) is 0 Å². The van der Waals surface area contributed by atoms with Crippen LogP contribution >= 0.6 is 15.9 Å².